The van der Waals surface area contributed by atoms with Crippen LogP contribution < -0.4 is 5.32 Å². The minimum atomic E-state index is -0.693. The molecule has 17 heavy (non-hydrogen) atoms. The second-order valence-electron chi connectivity index (χ2n) is 4.63. The lowest BCUT2D eigenvalue weighted by molar-refractivity contribution is -0.117. The van der Waals surface area contributed by atoms with Gasteiger partial charge in [0.1, 0.15) is 0 Å². The number of carbonyl (C=O) groups is 1. The molecule has 0 saturated carbocycles. The lowest BCUT2D eigenvalue weighted by Crippen LogP contribution is -2.35. The van der Waals surface area contributed by atoms with Crippen LogP contribution in [0.5, 0.6) is 0 Å². The van der Waals surface area contributed by atoms with Crippen LogP contribution in [-0.4, -0.2) is 51.3 Å². The van der Waals surface area contributed by atoms with Gasteiger partial charge in [0.15, 0.2) is 0 Å². The maximum Gasteiger partial charge on any atom is 0.322 e. The molecule has 2 rings (SSSR count). The molecule has 1 unspecified atom stereocenters. The van der Waals surface area contributed by atoms with Crippen molar-refractivity contribution in [2.45, 2.75) is 25.9 Å². The molecule has 0 aromatic carbocycles. The minimum Gasteiger partial charge on any atom is -0.408 e. The van der Waals surface area contributed by atoms with Crippen molar-refractivity contribution in [1.82, 2.24) is 15.1 Å². The predicted molar refractivity (Wildman–Crippen MR) is 59.3 cm³/mol. The molecule has 1 aliphatic heterocycles. The molecule has 0 aliphatic carbocycles. The molecule has 0 bridgehead atoms. The summed E-state index contributed by atoms with van der Waals surface area (Å²) in [4.78, 5) is 13.5. The van der Waals surface area contributed by atoms with Crippen LogP contribution in [0.3, 0.4) is 0 Å². The Labute approximate surface area is 98.8 Å². The zero-order valence-electron chi connectivity index (χ0n) is 9.93. The molecule has 1 atom stereocenters. The number of nitrogens with zero attached hydrogens (tertiary/aromatic N) is 3. The van der Waals surface area contributed by atoms with Gasteiger partial charge in [0.2, 0.25) is 11.8 Å². The second kappa shape index (κ2) is 4.42. The molecule has 1 fully saturated rings. The Hall–Kier alpha value is -1.47. The highest BCUT2D eigenvalue weighted by atomic mass is 16.4. The lowest BCUT2D eigenvalue weighted by Gasteiger charge is -2.17. The van der Waals surface area contributed by atoms with Crippen LogP contribution in [0.1, 0.15) is 19.2 Å². The maximum atomic E-state index is 11.6. The number of hydrogen-bond donors (Lipinski definition) is 2. The van der Waals surface area contributed by atoms with Crippen LogP contribution in [0, 0.1) is 6.92 Å². The average Bonchev–Trinajstić information content (AvgIpc) is 2.73. The first-order valence-electron chi connectivity index (χ1n) is 5.49. The van der Waals surface area contributed by atoms with Gasteiger partial charge in [0.25, 0.3) is 0 Å². The summed E-state index contributed by atoms with van der Waals surface area (Å²) < 4.78 is 5.04. The summed E-state index contributed by atoms with van der Waals surface area (Å²) in [6.45, 7) is 4.86. The van der Waals surface area contributed by atoms with Gasteiger partial charge in [-0.05, 0) is 13.3 Å². The summed E-state index contributed by atoms with van der Waals surface area (Å²) in [6.07, 6.45) is 0.681. The van der Waals surface area contributed by atoms with Gasteiger partial charge in [-0.3, -0.25) is 15.0 Å². The van der Waals surface area contributed by atoms with E-state index in [1.807, 2.05) is 4.90 Å². The molecule has 1 aromatic heterocycles. The summed E-state index contributed by atoms with van der Waals surface area (Å²) in [5, 5.41) is 19.6. The van der Waals surface area contributed by atoms with Crippen LogP contribution >= 0.6 is 0 Å². The molecule has 1 aliphatic rings. The number of rotatable bonds is 3. The molecule has 7 nitrogen and oxygen atoms in total. The van der Waals surface area contributed by atoms with Gasteiger partial charge < -0.3 is 9.52 Å². The van der Waals surface area contributed by atoms with Crippen molar-refractivity contribution in [2.24, 2.45) is 0 Å². The fraction of sp³-hybridized carbons (Fsp3) is 0.700. The van der Waals surface area contributed by atoms with Crippen LogP contribution in [-0.2, 0) is 4.79 Å². The van der Waals surface area contributed by atoms with E-state index in [1.54, 1.807) is 13.8 Å². The minimum absolute atomic E-state index is 0.110. The SMILES string of the molecule is Cc1nnc(NC(=O)CN2CCC(C)(O)C2)o1. The number of aryl methyl sites for hydroxylation is 1. The fourth-order valence-electron chi connectivity index (χ4n) is 1.88. The number of likely N-dealkylation sites (tertiary alicyclic amines) is 1. The van der Waals surface area contributed by atoms with E-state index < -0.39 is 5.60 Å². The highest BCUT2D eigenvalue weighted by Gasteiger charge is 2.32. The Morgan fingerprint density at radius 2 is 2.41 bits per heavy atom. The number of hydrogen-bond acceptors (Lipinski definition) is 6. The molecule has 1 saturated heterocycles. The van der Waals surface area contributed by atoms with Crippen LogP contribution in [0.25, 0.3) is 0 Å². The maximum absolute atomic E-state index is 11.6. The normalized spacial score (nSPS) is 25.1. The number of carbonyl (C=O) groups excluding carboxylic acids is 1. The van der Waals surface area contributed by atoms with E-state index in [0.717, 1.165) is 0 Å². The number of amides is 1. The van der Waals surface area contributed by atoms with E-state index in [4.69, 9.17) is 4.42 Å². The smallest absolute Gasteiger partial charge is 0.322 e. The zero-order chi connectivity index (χ0) is 12.5. The van der Waals surface area contributed by atoms with Crippen molar-refractivity contribution in [3.63, 3.8) is 0 Å². The van der Waals surface area contributed by atoms with Crippen molar-refractivity contribution in [3.8, 4) is 0 Å². The first kappa shape index (κ1) is 12.0. The Bertz CT molecular complexity index is 415. The van der Waals surface area contributed by atoms with Gasteiger partial charge in [0, 0.05) is 20.0 Å². The van der Waals surface area contributed by atoms with E-state index in [1.165, 1.54) is 0 Å². The summed E-state index contributed by atoms with van der Waals surface area (Å²) >= 11 is 0. The van der Waals surface area contributed by atoms with E-state index in [-0.39, 0.29) is 18.5 Å². The van der Waals surface area contributed by atoms with Gasteiger partial charge in [-0.1, -0.05) is 5.10 Å². The van der Waals surface area contributed by atoms with Gasteiger partial charge in [0.05, 0.1) is 12.1 Å². The van der Waals surface area contributed by atoms with Crippen molar-refractivity contribution in [2.75, 3.05) is 25.0 Å². The first-order chi connectivity index (χ1) is 7.94. The molecule has 0 radical (unpaired) electrons. The highest BCUT2D eigenvalue weighted by Crippen LogP contribution is 2.19. The molecular weight excluding hydrogens is 224 g/mol. The van der Waals surface area contributed by atoms with E-state index in [2.05, 4.69) is 15.5 Å². The number of aliphatic hydroxyl groups is 1. The molecule has 2 heterocycles. The average molecular weight is 240 g/mol. The Kier molecular flexibility index (Phi) is 3.12. The fourth-order valence-corrected chi connectivity index (χ4v) is 1.88. The molecule has 1 amide bonds. The van der Waals surface area contributed by atoms with Crippen molar-refractivity contribution in [3.05, 3.63) is 5.89 Å². The van der Waals surface area contributed by atoms with E-state index >= 15 is 0 Å². The van der Waals surface area contributed by atoms with Gasteiger partial charge in [-0.15, -0.1) is 5.10 Å². The van der Waals surface area contributed by atoms with Gasteiger partial charge in [-0.25, -0.2) is 0 Å². The zero-order valence-corrected chi connectivity index (χ0v) is 9.93. The van der Waals surface area contributed by atoms with E-state index in [9.17, 15) is 9.90 Å². The lowest BCUT2D eigenvalue weighted by atomic mass is 10.1. The second-order valence-corrected chi connectivity index (χ2v) is 4.63. The molecular formula is C10H16N4O3. The molecule has 7 heteroatoms. The van der Waals surface area contributed by atoms with E-state index in [0.29, 0.717) is 25.4 Å². The third-order valence-electron chi connectivity index (χ3n) is 2.67. The van der Waals surface area contributed by atoms with Crippen molar-refractivity contribution < 1.29 is 14.3 Å². The summed E-state index contributed by atoms with van der Waals surface area (Å²) in [6, 6.07) is 0.110. The summed E-state index contributed by atoms with van der Waals surface area (Å²) in [7, 11) is 0. The molecule has 94 valence electrons. The largest absolute Gasteiger partial charge is 0.408 e. The van der Waals surface area contributed by atoms with Crippen LogP contribution in [0.2, 0.25) is 0 Å². The highest BCUT2D eigenvalue weighted by molar-refractivity contribution is 5.90. The number of nitrogens with one attached hydrogen (secondary N) is 1. The molecule has 0 spiro atoms. The topological polar surface area (TPSA) is 91.5 Å². The van der Waals surface area contributed by atoms with Crippen molar-refractivity contribution >= 4 is 11.9 Å². The molecule has 2 N–H and O–H groups in total. The quantitative estimate of drug-likeness (QED) is 0.758. The standard InChI is InChI=1S/C10H16N4O3/c1-7-12-13-9(17-7)11-8(15)5-14-4-3-10(2,16)6-14/h16H,3-6H2,1-2H3,(H,11,13,15). The Morgan fingerprint density at radius 1 is 1.65 bits per heavy atom. The Balaban J connectivity index is 1.82. The van der Waals surface area contributed by atoms with Crippen LogP contribution in [0.15, 0.2) is 4.42 Å². The summed E-state index contributed by atoms with van der Waals surface area (Å²) in [5.74, 6) is 0.191. The Morgan fingerprint density at radius 3 is 2.94 bits per heavy atom. The predicted octanol–water partition coefficient (Wildman–Crippen LogP) is -0.227. The number of β-amino-alcohol motifs (C(OH)–C–C–N with tert-alkyl or cyclic N) is 1. The van der Waals surface area contributed by atoms with Gasteiger partial charge >= 0.3 is 6.01 Å². The number of anilines is 1. The third kappa shape index (κ3) is 3.24. The van der Waals surface area contributed by atoms with Crippen molar-refractivity contribution in [1.29, 1.82) is 0 Å². The first-order valence-corrected chi connectivity index (χ1v) is 5.49. The van der Waals surface area contributed by atoms with Crippen LogP contribution in [0.4, 0.5) is 6.01 Å². The third-order valence-corrected chi connectivity index (χ3v) is 2.67. The van der Waals surface area contributed by atoms with Gasteiger partial charge in [-0.2, -0.15) is 0 Å². The number of aromatic nitrogens is 2. The molecule has 1 aromatic rings. The summed E-state index contributed by atoms with van der Waals surface area (Å²) in [5.41, 5.74) is -0.693. The monoisotopic (exact) mass is 240 g/mol.